The Morgan fingerprint density at radius 1 is 1.05 bits per heavy atom. The Balaban J connectivity index is 1.89. The molecular weight excluding hydrogens is 296 g/mol. The summed E-state index contributed by atoms with van der Waals surface area (Å²) in [6.07, 6.45) is 4.07. The third-order valence-electron chi connectivity index (χ3n) is 3.49. The van der Waals surface area contributed by atoms with Crippen LogP contribution in [0.3, 0.4) is 0 Å². The highest BCUT2D eigenvalue weighted by Gasteiger charge is 2.20. The topological polar surface area (TPSA) is 58.2 Å². The van der Waals surface area contributed by atoms with Crippen LogP contribution >= 0.6 is 0 Å². The van der Waals surface area contributed by atoms with Crippen LogP contribution in [-0.4, -0.2) is 14.0 Å². The van der Waals surface area contributed by atoms with Crippen molar-refractivity contribution in [3.63, 3.8) is 0 Å². The molecule has 0 unspecified atom stereocenters. The number of anilines is 2. The van der Waals surface area contributed by atoms with Crippen molar-refractivity contribution >= 4 is 27.5 Å². The van der Waals surface area contributed by atoms with Crippen LogP contribution in [0.5, 0.6) is 0 Å². The molecule has 4 nitrogen and oxygen atoms in total. The SMILES string of the molecule is CC1(C)C=Cc2cc(NS(=O)(=O)c3ccccc3)ccc2N1. The molecule has 2 aromatic rings. The molecular formula is C17H18N2O2S. The van der Waals surface area contributed by atoms with Gasteiger partial charge in [-0.05, 0) is 49.7 Å². The molecule has 0 aromatic heterocycles. The van der Waals surface area contributed by atoms with Gasteiger partial charge in [0.25, 0.3) is 10.0 Å². The molecule has 2 aromatic carbocycles. The van der Waals surface area contributed by atoms with Gasteiger partial charge in [0.15, 0.2) is 0 Å². The van der Waals surface area contributed by atoms with E-state index in [1.165, 1.54) is 0 Å². The lowest BCUT2D eigenvalue weighted by atomic mass is 9.97. The van der Waals surface area contributed by atoms with Gasteiger partial charge in [-0.1, -0.05) is 30.4 Å². The third kappa shape index (κ3) is 2.99. The summed E-state index contributed by atoms with van der Waals surface area (Å²) in [7, 11) is -3.56. The van der Waals surface area contributed by atoms with Crippen LogP contribution < -0.4 is 10.0 Å². The Morgan fingerprint density at radius 2 is 1.77 bits per heavy atom. The molecule has 0 saturated heterocycles. The van der Waals surface area contributed by atoms with E-state index in [-0.39, 0.29) is 10.4 Å². The first-order chi connectivity index (χ1) is 10.4. The number of hydrogen-bond donors (Lipinski definition) is 2. The number of nitrogens with one attached hydrogen (secondary N) is 2. The smallest absolute Gasteiger partial charge is 0.261 e. The van der Waals surface area contributed by atoms with Gasteiger partial charge in [0.05, 0.1) is 10.4 Å². The Labute approximate surface area is 130 Å². The maximum atomic E-state index is 12.3. The van der Waals surface area contributed by atoms with Crippen molar-refractivity contribution in [2.75, 3.05) is 10.0 Å². The lowest BCUT2D eigenvalue weighted by Gasteiger charge is -2.29. The monoisotopic (exact) mass is 314 g/mol. The van der Waals surface area contributed by atoms with Crippen molar-refractivity contribution in [2.24, 2.45) is 0 Å². The highest BCUT2D eigenvalue weighted by Crippen LogP contribution is 2.30. The van der Waals surface area contributed by atoms with E-state index in [1.54, 1.807) is 36.4 Å². The van der Waals surface area contributed by atoms with Crippen molar-refractivity contribution in [3.05, 3.63) is 60.2 Å². The molecule has 5 heteroatoms. The van der Waals surface area contributed by atoms with Crippen LogP contribution in [0.4, 0.5) is 11.4 Å². The Hall–Kier alpha value is -2.27. The molecule has 1 heterocycles. The van der Waals surface area contributed by atoms with Crippen molar-refractivity contribution < 1.29 is 8.42 Å². The summed E-state index contributed by atoms with van der Waals surface area (Å²) in [6.45, 7) is 4.16. The first-order valence-electron chi connectivity index (χ1n) is 7.05. The zero-order chi connectivity index (χ0) is 15.8. The van der Waals surface area contributed by atoms with Crippen molar-refractivity contribution in [2.45, 2.75) is 24.3 Å². The maximum absolute atomic E-state index is 12.3. The van der Waals surface area contributed by atoms with Gasteiger partial charge in [0, 0.05) is 11.4 Å². The van der Waals surface area contributed by atoms with Crippen LogP contribution in [0.1, 0.15) is 19.4 Å². The van der Waals surface area contributed by atoms with Crippen LogP contribution in [0, 0.1) is 0 Å². The highest BCUT2D eigenvalue weighted by molar-refractivity contribution is 7.92. The van der Waals surface area contributed by atoms with Crippen molar-refractivity contribution in [1.29, 1.82) is 0 Å². The summed E-state index contributed by atoms with van der Waals surface area (Å²) >= 11 is 0. The minimum Gasteiger partial charge on any atom is -0.376 e. The summed E-state index contributed by atoms with van der Waals surface area (Å²) in [5.41, 5.74) is 2.41. The van der Waals surface area contributed by atoms with Crippen LogP contribution in [0.2, 0.25) is 0 Å². The molecule has 2 N–H and O–H groups in total. The minimum absolute atomic E-state index is 0.0991. The molecule has 0 radical (unpaired) electrons. The maximum Gasteiger partial charge on any atom is 0.261 e. The molecule has 0 fully saturated rings. The number of rotatable bonds is 3. The Kier molecular flexibility index (Phi) is 3.45. The molecule has 114 valence electrons. The zero-order valence-electron chi connectivity index (χ0n) is 12.5. The molecule has 1 aliphatic rings. The summed E-state index contributed by atoms with van der Waals surface area (Å²) in [6, 6.07) is 13.8. The largest absolute Gasteiger partial charge is 0.376 e. The van der Waals surface area contributed by atoms with E-state index in [1.807, 2.05) is 18.2 Å². The second-order valence-corrected chi connectivity index (χ2v) is 7.58. The van der Waals surface area contributed by atoms with Crippen molar-refractivity contribution in [3.8, 4) is 0 Å². The van der Waals surface area contributed by atoms with Crippen LogP contribution in [0.25, 0.3) is 6.08 Å². The third-order valence-corrected chi connectivity index (χ3v) is 4.89. The van der Waals surface area contributed by atoms with E-state index in [9.17, 15) is 8.42 Å². The predicted molar refractivity (Wildman–Crippen MR) is 90.4 cm³/mol. The lowest BCUT2D eigenvalue weighted by molar-refractivity contribution is 0.601. The number of sulfonamides is 1. The molecule has 22 heavy (non-hydrogen) atoms. The van der Waals surface area contributed by atoms with E-state index in [4.69, 9.17) is 0 Å². The summed E-state index contributed by atoms with van der Waals surface area (Å²) in [5, 5.41) is 3.39. The normalized spacial score (nSPS) is 15.7. The molecule has 3 rings (SSSR count). The molecule has 0 amide bonds. The average Bonchev–Trinajstić information content (AvgIpc) is 2.47. The number of benzene rings is 2. The van der Waals surface area contributed by atoms with E-state index in [2.05, 4.69) is 30.0 Å². The van der Waals surface area contributed by atoms with E-state index in [0.29, 0.717) is 5.69 Å². The molecule has 0 aliphatic carbocycles. The number of fused-ring (bicyclic) bond motifs is 1. The van der Waals surface area contributed by atoms with Gasteiger partial charge in [0.1, 0.15) is 0 Å². The first kappa shape index (κ1) is 14.7. The predicted octanol–water partition coefficient (Wildman–Crippen LogP) is 3.70. The van der Waals surface area contributed by atoms with E-state index >= 15 is 0 Å². The van der Waals surface area contributed by atoms with Crippen LogP contribution in [0.15, 0.2) is 59.5 Å². The van der Waals surface area contributed by atoms with Crippen molar-refractivity contribution in [1.82, 2.24) is 0 Å². The van der Waals surface area contributed by atoms with E-state index < -0.39 is 10.0 Å². The van der Waals surface area contributed by atoms with Gasteiger partial charge in [-0.2, -0.15) is 0 Å². The summed E-state index contributed by atoms with van der Waals surface area (Å²) in [5.74, 6) is 0. The standard InChI is InChI=1S/C17H18N2O2S/c1-17(2)11-10-13-12-14(8-9-16(13)18-17)19-22(20,21)15-6-4-3-5-7-15/h3-12,18-19H,1-2H3. The van der Waals surface area contributed by atoms with E-state index in [0.717, 1.165) is 11.3 Å². The van der Waals surface area contributed by atoms with Gasteiger partial charge in [-0.15, -0.1) is 0 Å². The lowest BCUT2D eigenvalue weighted by Crippen LogP contribution is -2.30. The summed E-state index contributed by atoms with van der Waals surface area (Å²) in [4.78, 5) is 0.252. The van der Waals surface area contributed by atoms with Gasteiger partial charge in [0.2, 0.25) is 0 Å². The zero-order valence-corrected chi connectivity index (χ0v) is 13.3. The Morgan fingerprint density at radius 3 is 2.50 bits per heavy atom. The average molecular weight is 314 g/mol. The first-order valence-corrected chi connectivity index (χ1v) is 8.53. The fourth-order valence-electron chi connectivity index (χ4n) is 2.38. The summed E-state index contributed by atoms with van der Waals surface area (Å²) < 4.78 is 27.3. The highest BCUT2D eigenvalue weighted by atomic mass is 32.2. The molecule has 1 aliphatic heterocycles. The fourth-order valence-corrected chi connectivity index (χ4v) is 3.45. The fraction of sp³-hybridized carbons (Fsp3) is 0.176. The van der Waals surface area contributed by atoms with Crippen LogP contribution in [-0.2, 0) is 10.0 Å². The minimum atomic E-state index is -3.56. The molecule has 0 bridgehead atoms. The number of hydrogen-bond acceptors (Lipinski definition) is 3. The van der Waals surface area contributed by atoms with Gasteiger partial charge >= 0.3 is 0 Å². The molecule has 0 spiro atoms. The second kappa shape index (κ2) is 5.18. The second-order valence-electron chi connectivity index (χ2n) is 5.90. The molecule has 0 atom stereocenters. The van der Waals surface area contributed by atoms with Gasteiger partial charge < -0.3 is 5.32 Å². The molecule has 0 saturated carbocycles. The van der Waals surface area contributed by atoms with Gasteiger partial charge in [-0.25, -0.2) is 8.42 Å². The van der Waals surface area contributed by atoms with Gasteiger partial charge in [-0.3, -0.25) is 4.72 Å². The quantitative estimate of drug-likeness (QED) is 0.908. The Bertz CT molecular complexity index is 825.